The molecule has 10 heteroatoms. The summed E-state index contributed by atoms with van der Waals surface area (Å²) in [5.74, 6) is -2.36. The van der Waals surface area contributed by atoms with E-state index in [1.165, 1.54) is 13.3 Å². The summed E-state index contributed by atoms with van der Waals surface area (Å²) in [7, 11) is 1.29. The van der Waals surface area contributed by atoms with Crippen LogP contribution in [0.1, 0.15) is 37.6 Å². The first kappa shape index (κ1) is 22.3. The number of carbonyl (C=O) groups excluding carboxylic acids is 1. The SMILES string of the molecule is COc1ncc(Nc2nc(N[C@H](CC(C)C)[C@H](C)N)c(F)cc2C(N)=O)cc1F. The number of primary amides is 1. The van der Waals surface area contributed by atoms with Crippen LogP contribution in [0.25, 0.3) is 0 Å². The van der Waals surface area contributed by atoms with Crippen molar-refractivity contribution in [3.05, 3.63) is 35.5 Å². The van der Waals surface area contributed by atoms with E-state index in [4.69, 9.17) is 16.2 Å². The van der Waals surface area contributed by atoms with Crippen LogP contribution in [0.5, 0.6) is 5.88 Å². The van der Waals surface area contributed by atoms with Crippen molar-refractivity contribution >= 4 is 23.2 Å². The second-order valence-electron chi connectivity index (χ2n) is 7.16. The fourth-order valence-electron chi connectivity index (χ4n) is 2.74. The highest BCUT2D eigenvalue weighted by molar-refractivity contribution is 5.98. The molecule has 0 saturated heterocycles. The number of hydrogen-bond donors (Lipinski definition) is 4. The molecule has 2 aromatic heterocycles. The third-order valence-electron chi connectivity index (χ3n) is 4.19. The van der Waals surface area contributed by atoms with Gasteiger partial charge in [-0.1, -0.05) is 13.8 Å². The number of pyridine rings is 2. The fraction of sp³-hybridized carbons (Fsp3) is 0.421. The lowest BCUT2D eigenvalue weighted by Gasteiger charge is -2.25. The Bertz CT molecular complexity index is 876. The lowest BCUT2D eigenvalue weighted by Crippen LogP contribution is -2.39. The molecule has 0 saturated carbocycles. The first-order valence-electron chi connectivity index (χ1n) is 9.11. The largest absolute Gasteiger partial charge is 0.479 e. The van der Waals surface area contributed by atoms with Crippen LogP contribution in [-0.4, -0.2) is 35.1 Å². The molecule has 0 radical (unpaired) electrons. The number of anilines is 3. The van der Waals surface area contributed by atoms with Crippen molar-refractivity contribution < 1.29 is 18.3 Å². The molecule has 0 unspecified atom stereocenters. The Kier molecular flexibility index (Phi) is 7.27. The van der Waals surface area contributed by atoms with Gasteiger partial charge in [0.15, 0.2) is 17.5 Å². The summed E-state index contributed by atoms with van der Waals surface area (Å²) in [6.45, 7) is 5.85. The molecule has 8 nitrogen and oxygen atoms in total. The van der Waals surface area contributed by atoms with E-state index in [0.29, 0.717) is 12.3 Å². The minimum atomic E-state index is -0.890. The maximum atomic E-state index is 14.6. The van der Waals surface area contributed by atoms with Crippen molar-refractivity contribution in [3.8, 4) is 5.88 Å². The van der Waals surface area contributed by atoms with Crippen LogP contribution in [0.4, 0.5) is 26.1 Å². The van der Waals surface area contributed by atoms with Gasteiger partial charge in [0.05, 0.1) is 24.6 Å². The van der Waals surface area contributed by atoms with Crippen molar-refractivity contribution in [3.63, 3.8) is 0 Å². The summed E-state index contributed by atoms with van der Waals surface area (Å²) in [6, 6.07) is 1.56. The Morgan fingerprint density at radius 1 is 1.21 bits per heavy atom. The molecule has 0 aliphatic carbocycles. The van der Waals surface area contributed by atoms with E-state index >= 15 is 0 Å². The molecular formula is C19H26F2N6O2. The van der Waals surface area contributed by atoms with E-state index < -0.39 is 17.5 Å². The Morgan fingerprint density at radius 3 is 2.41 bits per heavy atom. The molecule has 2 heterocycles. The van der Waals surface area contributed by atoms with E-state index in [0.717, 1.165) is 12.1 Å². The molecule has 0 aromatic carbocycles. The predicted octanol–water partition coefficient (Wildman–Crippen LogP) is 2.78. The topological polar surface area (TPSA) is 128 Å². The van der Waals surface area contributed by atoms with Crippen molar-refractivity contribution in [1.29, 1.82) is 0 Å². The zero-order chi connectivity index (χ0) is 21.7. The second kappa shape index (κ2) is 9.46. The number of ether oxygens (including phenoxy) is 1. The number of rotatable bonds is 9. The monoisotopic (exact) mass is 408 g/mol. The molecule has 1 amide bonds. The molecule has 0 fully saturated rings. The van der Waals surface area contributed by atoms with Gasteiger partial charge in [-0.25, -0.2) is 18.7 Å². The zero-order valence-electron chi connectivity index (χ0n) is 16.8. The van der Waals surface area contributed by atoms with Gasteiger partial charge in [-0.3, -0.25) is 4.79 Å². The van der Waals surface area contributed by atoms with Gasteiger partial charge in [0.1, 0.15) is 5.82 Å². The van der Waals surface area contributed by atoms with Crippen LogP contribution in [0, 0.1) is 17.6 Å². The van der Waals surface area contributed by atoms with Gasteiger partial charge in [-0.05, 0) is 25.3 Å². The van der Waals surface area contributed by atoms with Gasteiger partial charge in [-0.15, -0.1) is 0 Å². The van der Waals surface area contributed by atoms with E-state index in [-0.39, 0.29) is 40.9 Å². The van der Waals surface area contributed by atoms with Crippen molar-refractivity contribution in [1.82, 2.24) is 9.97 Å². The van der Waals surface area contributed by atoms with Crippen LogP contribution in [0.3, 0.4) is 0 Å². The Hall–Kier alpha value is -3.01. The van der Waals surface area contributed by atoms with Crippen LogP contribution in [0.2, 0.25) is 0 Å². The molecule has 2 atom stereocenters. The van der Waals surface area contributed by atoms with Gasteiger partial charge in [0.2, 0.25) is 5.88 Å². The quantitative estimate of drug-likeness (QED) is 0.502. The van der Waals surface area contributed by atoms with Crippen molar-refractivity contribution in [2.45, 2.75) is 39.3 Å². The molecule has 2 aromatic rings. The van der Waals surface area contributed by atoms with Crippen LogP contribution >= 0.6 is 0 Å². The molecule has 0 bridgehead atoms. The number of aromatic nitrogens is 2. The number of halogens is 2. The molecule has 6 N–H and O–H groups in total. The lowest BCUT2D eigenvalue weighted by atomic mass is 9.99. The minimum absolute atomic E-state index is 0.0410. The Balaban J connectivity index is 2.41. The molecular weight excluding hydrogens is 382 g/mol. The summed E-state index contributed by atoms with van der Waals surface area (Å²) < 4.78 is 33.2. The highest BCUT2D eigenvalue weighted by atomic mass is 19.1. The standard InChI is InChI=1S/C19H26F2N6O2/c1-9(2)5-15(10(3)22)26-18-13(20)7-12(16(23)28)17(27-18)25-11-6-14(21)19(29-4)24-8-11/h6-10,15H,5,22H2,1-4H3,(H2,23,28)(H2,25,26,27)/t10-,15+/m0/s1. The number of amides is 1. The van der Waals surface area contributed by atoms with E-state index in [2.05, 4.69) is 20.6 Å². The van der Waals surface area contributed by atoms with Gasteiger partial charge in [0, 0.05) is 18.2 Å². The van der Waals surface area contributed by atoms with Crippen molar-refractivity contribution in [2.75, 3.05) is 17.7 Å². The van der Waals surface area contributed by atoms with E-state index in [1.54, 1.807) is 6.92 Å². The molecule has 0 spiro atoms. The average Bonchev–Trinajstić information content (AvgIpc) is 2.63. The van der Waals surface area contributed by atoms with Gasteiger partial charge in [0.25, 0.3) is 5.91 Å². The number of hydrogen-bond acceptors (Lipinski definition) is 7. The molecule has 0 aliphatic heterocycles. The number of methoxy groups -OCH3 is 1. The minimum Gasteiger partial charge on any atom is -0.479 e. The normalized spacial score (nSPS) is 13.1. The van der Waals surface area contributed by atoms with Crippen LogP contribution in [0.15, 0.2) is 18.3 Å². The third kappa shape index (κ3) is 5.74. The van der Waals surface area contributed by atoms with Gasteiger partial charge in [-0.2, -0.15) is 0 Å². The average molecular weight is 408 g/mol. The first-order chi connectivity index (χ1) is 13.6. The Morgan fingerprint density at radius 2 is 1.90 bits per heavy atom. The number of nitrogens with zero attached hydrogens (tertiary/aromatic N) is 2. The van der Waals surface area contributed by atoms with Crippen LogP contribution < -0.4 is 26.8 Å². The second-order valence-corrected chi connectivity index (χ2v) is 7.16. The molecule has 29 heavy (non-hydrogen) atoms. The fourth-order valence-corrected chi connectivity index (χ4v) is 2.74. The summed E-state index contributed by atoms with van der Waals surface area (Å²) in [6.07, 6.45) is 1.97. The van der Waals surface area contributed by atoms with Crippen LogP contribution in [-0.2, 0) is 0 Å². The first-order valence-corrected chi connectivity index (χ1v) is 9.11. The smallest absolute Gasteiger partial charge is 0.252 e. The summed E-state index contributed by atoms with van der Waals surface area (Å²) in [4.78, 5) is 19.7. The predicted molar refractivity (Wildman–Crippen MR) is 107 cm³/mol. The summed E-state index contributed by atoms with van der Waals surface area (Å²) >= 11 is 0. The number of nitrogens with one attached hydrogen (secondary N) is 2. The number of carbonyl (C=O) groups is 1. The highest BCUT2D eigenvalue weighted by Crippen LogP contribution is 2.26. The highest BCUT2D eigenvalue weighted by Gasteiger charge is 2.21. The molecule has 158 valence electrons. The van der Waals surface area contributed by atoms with E-state index in [9.17, 15) is 13.6 Å². The van der Waals surface area contributed by atoms with Gasteiger partial charge >= 0.3 is 0 Å². The molecule has 2 rings (SSSR count). The maximum Gasteiger partial charge on any atom is 0.252 e. The lowest BCUT2D eigenvalue weighted by molar-refractivity contribution is 0.100. The van der Waals surface area contributed by atoms with Gasteiger partial charge < -0.3 is 26.8 Å². The third-order valence-corrected chi connectivity index (χ3v) is 4.19. The van der Waals surface area contributed by atoms with Crippen molar-refractivity contribution in [2.24, 2.45) is 17.4 Å². The number of nitrogens with two attached hydrogens (primary N) is 2. The maximum absolute atomic E-state index is 14.6. The summed E-state index contributed by atoms with van der Waals surface area (Å²) in [5, 5.41) is 5.74. The zero-order valence-corrected chi connectivity index (χ0v) is 16.8. The summed E-state index contributed by atoms with van der Waals surface area (Å²) in [5.41, 5.74) is 11.3. The van der Waals surface area contributed by atoms with E-state index in [1.807, 2.05) is 13.8 Å². The molecule has 0 aliphatic rings. The Labute approximate surface area is 168 Å².